The molecule has 70 heavy (non-hydrogen) atoms. The van der Waals surface area contributed by atoms with E-state index in [0.717, 1.165) is 10.3 Å². The number of likely N-dealkylation sites (N-methyl/N-ethyl adjacent to an activating group) is 1. The average molecular weight is 985 g/mol. The van der Waals surface area contributed by atoms with E-state index in [9.17, 15) is 44.7 Å². The molecule has 3 amide bonds. The van der Waals surface area contributed by atoms with Gasteiger partial charge in [-0.2, -0.15) is 0 Å². The van der Waals surface area contributed by atoms with Crippen LogP contribution in [0.15, 0.2) is 60.7 Å². The van der Waals surface area contributed by atoms with Gasteiger partial charge in [0.05, 0.1) is 85.3 Å². The lowest BCUT2D eigenvalue weighted by Gasteiger charge is -2.38. The van der Waals surface area contributed by atoms with E-state index < -0.39 is 60.8 Å². The van der Waals surface area contributed by atoms with E-state index in [4.69, 9.17) is 48.5 Å². The van der Waals surface area contributed by atoms with Gasteiger partial charge in [-0.05, 0) is 46.7 Å². The SMILES string of the molecule is COc1ccc2c3c(c4ccccc4cc13)C(=O)N(CCN(C)C(=O)OCc1ccc(O[C@@H]3O[C@H](C(=O)O)[C@@H](O)[C@H](O)[C@H]3O)c(C(O)NCCOCCOCCOCCOCCOCCON)c1)C2=O. The van der Waals surface area contributed by atoms with Crippen LogP contribution in [0.1, 0.15) is 38.1 Å². The first-order valence-corrected chi connectivity index (χ1v) is 22.5. The Bertz CT molecular complexity index is 2390. The van der Waals surface area contributed by atoms with Crippen molar-refractivity contribution in [2.45, 2.75) is 43.5 Å². The van der Waals surface area contributed by atoms with Gasteiger partial charge in [-0.1, -0.05) is 30.3 Å². The zero-order valence-corrected chi connectivity index (χ0v) is 38.8. The second-order valence-corrected chi connectivity index (χ2v) is 16.0. The van der Waals surface area contributed by atoms with Crippen LogP contribution < -0.4 is 20.7 Å². The molecule has 2 aliphatic rings. The summed E-state index contributed by atoms with van der Waals surface area (Å²) in [5.41, 5.74) is 1.07. The number of aliphatic carboxylic acids is 1. The smallest absolute Gasteiger partial charge is 0.409 e. The lowest BCUT2D eigenvalue weighted by molar-refractivity contribution is -0.271. The third-order valence-corrected chi connectivity index (χ3v) is 11.3. The van der Waals surface area contributed by atoms with E-state index in [-0.39, 0.29) is 57.4 Å². The fourth-order valence-electron chi connectivity index (χ4n) is 7.65. The van der Waals surface area contributed by atoms with Gasteiger partial charge in [0, 0.05) is 48.6 Å². The molecule has 0 aliphatic carbocycles. The van der Waals surface area contributed by atoms with Gasteiger partial charge in [0.1, 0.15) is 42.6 Å². The molecular formula is C47H60N4O19. The summed E-state index contributed by atoms with van der Waals surface area (Å²) >= 11 is 0. The third kappa shape index (κ3) is 13.6. The van der Waals surface area contributed by atoms with Crippen molar-refractivity contribution in [3.63, 3.8) is 0 Å². The summed E-state index contributed by atoms with van der Waals surface area (Å²) in [6.07, 6.45) is -11.8. The summed E-state index contributed by atoms with van der Waals surface area (Å²) in [7, 11) is 2.96. The number of methoxy groups -OCH3 is 1. The average Bonchev–Trinajstić information content (AvgIpc) is 3.36. The number of nitrogens with zero attached hydrogens (tertiary/aromatic N) is 2. The first-order valence-electron chi connectivity index (χ1n) is 22.5. The minimum Gasteiger partial charge on any atom is -0.496 e. The van der Waals surface area contributed by atoms with Gasteiger partial charge >= 0.3 is 12.1 Å². The maximum Gasteiger partial charge on any atom is 0.409 e. The summed E-state index contributed by atoms with van der Waals surface area (Å²) in [6.45, 7) is 3.19. The predicted octanol–water partition coefficient (Wildman–Crippen LogP) is 0.691. The van der Waals surface area contributed by atoms with Crippen LogP contribution in [-0.2, 0) is 49.4 Å². The number of nitrogens with one attached hydrogen (secondary N) is 1. The van der Waals surface area contributed by atoms with Gasteiger partial charge in [0.25, 0.3) is 11.8 Å². The number of carbonyl (C=O) groups excluding carboxylic acids is 3. The fourth-order valence-corrected chi connectivity index (χ4v) is 7.65. The number of hydrogen-bond acceptors (Lipinski definition) is 20. The Morgan fingerprint density at radius 2 is 1.41 bits per heavy atom. The van der Waals surface area contributed by atoms with Crippen molar-refractivity contribution >= 4 is 45.4 Å². The number of carboxylic acids is 1. The molecule has 0 bridgehead atoms. The standard InChI is InChI=1S/C47H60N4O19/c1-50(12-13-51-43(56)31-8-10-34(61-2)32-26-29-5-3-4-6-30(29)37(36(31)32)44(51)57)47(60)67-27-28-7-9-35(69-46-40(54)38(52)39(53)41(70-46)45(58)59)33(25-28)42(55)49-11-14-62-15-16-63-17-18-64-19-20-65-21-22-66-23-24-68-48/h3-10,25-26,38-42,46,49,52-55H,11-24,27,48H2,1-2H3,(H,58,59)/t38-,39-,40+,41-,42?,46+/m0/s1. The van der Waals surface area contributed by atoms with E-state index in [1.54, 1.807) is 12.1 Å². The number of nitrogens with two attached hydrogens (primary N) is 1. The van der Waals surface area contributed by atoms with E-state index in [1.165, 1.54) is 37.3 Å². The molecule has 1 fully saturated rings. The largest absolute Gasteiger partial charge is 0.496 e. The number of benzene rings is 4. The number of fused-ring (bicyclic) bond motifs is 2. The normalized spacial score (nSPS) is 19.4. The highest BCUT2D eigenvalue weighted by molar-refractivity contribution is 6.31. The number of rotatable bonds is 29. The van der Waals surface area contributed by atoms with Gasteiger partial charge in [-0.25, -0.2) is 15.5 Å². The maximum atomic E-state index is 14.1. The Labute approximate surface area is 402 Å². The van der Waals surface area contributed by atoms with Crippen LogP contribution >= 0.6 is 0 Å². The number of carbonyl (C=O) groups is 4. The van der Waals surface area contributed by atoms with Crippen molar-refractivity contribution in [1.82, 2.24) is 15.1 Å². The van der Waals surface area contributed by atoms with E-state index in [0.29, 0.717) is 91.5 Å². The Hall–Kier alpha value is -5.64. The Kier molecular flexibility index (Phi) is 20.4. The lowest BCUT2D eigenvalue weighted by atomic mass is 9.89. The molecule has 0 aromatic heterocycles. The second-order valence-electron chi connectivity index (χ2n) is 16.0. The summed E-state index contributed by atoms with van der Waals surface area (Å²) < 4.78 is 49.4. The minimum atomic E-state index is -1.96. The first-order chi connectivity index (χ1) is 33.9. The summed E-state index contributed by atoms with van der Waals surface area (Å²) in [6, 6.07) is 16.8. The molecule has 6 atom stereocenters. The van der Waals surface area contributed by atoms with Crippen molar-refractivity contribution < 1.29 is 92.2 Å². The van der Waals surface area contributed by atoms with Crippen molar-refractivity contribution in [2.75, 3.05) is 106 Å². The Morgan fingerprint density at radius 1 is 0.786 bits per heavy atom. The molecule has 6 rings (SSSR count). The molecule has 23 heteroatoms. The van der Waals surface area contributed by atoms with Crippen LogP contribution in [0.3, 0.4) is 0 Å². The van der Waals surface area contributed by atoms with Crippen molar-refractivity contribution in [3.05, 3.63) is 82.9 Å². The quantitative estimate of drug-likeness (QED) is 0.0129. The Balaban J connectivity index is 1.01. The van der Waals surface area contributed by atoms with Crippen LogP contribution in [0.5, 0.6) is 11.5 Å². The van der Waals surface area contributed by atoms with Crippen molar-refractivity contribution in [1.29, 1.82) is 0 Å². The van der Waals surface area contributed by atoms with E-state index in [2.05, 4.69) is 10.2 Å². The van der Waals surface area contributed by atoms with Crippen LogP contribution in [0.25, 0.3) is 21.5 Å². The Morgan fingerprint density at radius 3 is 2.06 bits per heavy atom. The number of carboxylic acid groups (broad SMARTS) is 1. The zero-order chi connectivity index (χ0) is 50.2. The molecule has 2 aliphatic heterocycles. The molecule has 23 nitrogen and oxygen atoms in total. The number of aliphatic hydroxyl groups excluding tert-OH is 4. The number of imide groups is 1. The molecular weight excluding hydrogens is 925 g/mol. The van der Waals surface area contributed by atoms with Gasteiger partial charge in [-0.15, -0.1) is 0 Å². The van der Waals surface area contributed by atoms with E-state index >= 15 is 0 Å². The molecule has 1 saturated heterocycles. The molecule has 0 radical (unpaired) electrons. The molecule has 0 spiro atoms. The lowest BCUT2D eigenvalue weighted by Crippen LogP contribution is -2.61. The van der Waals surface area contributed by atoms with Crippen LogP contribution in [0.4, 0.5) is 4.79 Å². The number of aliphatic hydroxyl groups is 4. The summed E-state index contributed by atoms with van der Waals surface area (Å²) in [4.78, 5) is 59.6. The highest BCUT2D eigenvalue weighted by atomic mass is 16.7. The number of ether oxygens (including phenoxy) is 9. The molecule has 4 aromatic carbocycles. The monoisotopic (exact) mass is 984 g/mol. The molecule has 2 heterocycles. The number of hydrogen-bond donors (Lipinski definition) is 7. The fraction of sp³-hybridized carbons (Fsp3) is 0.489. The van der Waals surface area contributed by atoms with Gasteiger partial charge in [-0.3, -0.25) is 19.8 Å². The van der Waals surface area contributed by atoms with Crippen LogP contribution in [0.2, 0.25) is 0 Å². The summed E-state index contributed by atoms with van der Waals surface area (Å²) in [5, 5.41) is 57.5. The van der Waals surface area contributed by atoms with Gasteiger partial charge in [0.15, 0.2) is 6.10 Å². The second kappa shape index (κ2) is 26.5. The van der Waals surface area contributed by atoms with E-state index in [1.807, 2.05) is 30.3 Å². The molecule has 8 N–H and O–H groups in total. The van der Waals surface area contributed by atoms with Crippen LogP contribution in [-0.4, -0.2) is 196 Å². The van der Waals surface area contributed by atoms with Gasteiger partial charge < -0.3 is 77.9 Å². The molecule has 4 aromatic rings. The summed E-state index contributed by atoms with van der Waals surface area (Å²) in [5.74, 6) is 2.67. The van der Waals surface area contributed by atoms with Crippen molar-refractivity contribution in [3.8, 4) is 11.5 Å². The van der Waals surface area contributed by atoms with Crippen molar-refractivity contribution in [2.24, 2.45) is 5.90 Å². The third-order valence-electron chi connectivity index (χ3n) is 11.3. The topological polar surface area (TPSA) is 306 Å². The molecule has 382 valence electrons. The minimum absolute atomic E-state index is 0.0347. The predicted molar refractivity (Wildman–Crippen MR) is 245 cm³/mol. The first kappa shape index (κ1) is 53.7. The zero-order valence-electron chi connectivity index (χ0n) is 38.8. The number of amides is 3. The van der Waals surface area contributed by atoms with Crippen LogP contribution in [0, 0.1) is 0 Å². The molecule has 1 unspecified atom stereocenters. The van der Waals surface area contributed by atoms with Gasteiger partial charge in [0.2, 0.25) is 6.29 Å². The highest BCUT2D eigenvalue weighted by Gasteiger charge is 2.48. The highest BCUT2D eigenvalue weighted by Crippen LogP contribution is 2.40. The maximum absolute atomic E-state index is 14.1. The molecule has 0 saturated carbocycles.